The van der Waals surface area contributed by atoms with Crippen LogP contribution in [0.5, 0.6) is 5.75 Å². The van der Waals surface area contributed by atoms with Gasteiger partial charge in [0, 0.05) is 36.2 Å². The molecule has 1 aromatic carbocycles. The third kappa shape index (κ3) is 6.32. The number of fused-ring (bicyclic) bond motifs is 1. The Morgan fingerprint density at radius 3 is 2.78 bits per heavy atom. The summed E-state index contributed by atoms with van der Waals surface area (Å²) in [6.45, 7) is 3.06. The number of nitrogens with zero attached hydrogens (tertiary/aromatic N) is 3. The number of aromatic amines is 2. The van der Waals surface area contributed by atoms with Crippen molar-refractivity contribution in [2.45, 2.75) is 51.5 Å². The molecule has 192 valence electrons. The topological polar surface area (TPSA) is 131 Å². The van der Waals surface area contributed by atoms with Gasteiger partial charge >= 0.3 is 11.6 Å². The maximum Gasteiger partial charge on any atom is 0.307 e. The second-order valence-electron chi connectivity index (χ2n) is 9.33. The largest absolute Gasteiger partial charge is 0.494 e. The van der Waals surface area contributed by atoms with Gasteiger partial charge in [0.25, 0.3) is 5.91 Å². The maximum absolute atomic E-state index is 12.1. The summed E-state index contributed by atoms with van der Waals surface area (Å²) in [6.07, 6.45) is 11.8. The molecule has 5 rings (SSSR count). The lowest BCUT2D eigenvalue weighted by Crippen LogP contribution is -2.25. The van der Waals surface area contributed by atoms with E-state index in [1.165, 1.54) is 19.3 Å². The van der Waals surface area contributed by atoms with Gasteiger partial charge in [0.1, 0.15) is 5.75 Å². The fourth-order valence-electron chi connectivity index (χ4n) is 4.54. The van der Waals surface area contributed by atoms with Crippen LogP contribution < -0.4 is 25.7 Å². The van der Waals surface area contributed by atoms with E-state index < -0.39 is 0 Å². The number of imidazole rings is 1. The number of aryl methyl sites for hydroxylation is 1. The quantitative estimate of drug-likeness (QED) is 0.240. The average molecular weight is 502 g/mol. The highest BCUT2D eigenvalue weighted by Gasteiger charge is 2.20. The van der Waals surface area contributed by atoms with Gasteiger partial charge in [0.2, 0.25) is 5.52 Å². The van der Waals surface area contributed by atoms with Crippen LogP contribution in [0, 0.1) is 6.92 Å². The normalized spacial score (nSPS) is 13.9. The van der Waals surface area contributed by atoms with Gasteiger partial charge in [-0.3, -0.25) is 14.8 Å². The summed E-state index contributed by atoms with van der Waals surface area (Å²) in [6, 6.07) is 9.70. The van der Waals surface area contributed by atoms with Crippen molar-refractivity contribution in [1.29, 1.82) is 0 Å². The summed E-state index contributed by atoms with van der Waals surface area (Å²) in [5.74, 6) is 2.01. The Hall–Kier alpha value is -4.21. The van der Waals surface area contributed by atoms with Gasteiger partial charge in [-0.2, -0.15) is 4.98 Å². The lowest BCUT2D eigenvalue weighted by Gasteiger charge is -2.23. The second kappa shape index (κ2) is 11.7. The van der Waals surface area contributed by atoms with E-state index in [9.17, 15) is 4.79 Å². The predicted octanol–water partition coefficient (Wildman–Crippen LogP) is 4.16. The van der Waals surface area contributed by atoms with E-state index in [2.05, 4.69) is 35.9 Å². The van der Waals surface area contributed by atoms with E-state index in [0.29, 0.717) is 37.1 Å². The number of hydrogen-bond acceptors (Lipinski definition) is 7. The molecule has 1 aliphatic rings. The predicted molar refractivity (Wildman–Crippen MR) is 142 cm³/mol. The van der Waals surface area contributed by atoms with Crippen molar-refractivity contribution in [1.82, 2.24) is 25.3 Å². The van der Waals surface area contributed by atoms with Crippen molar-refractivity contribution in [2.24, 2.45) is 0 Å². The van der Waals surface area contributed by atoms with Gasteiger partial charge in [-0.05, 0) is 62.1 Å². The molecule has 1 saturated carbocycles. The number of benzene rings is 1. The highest BCUT2D eigenvalue weighted by atomic mass is 16.5. The van der Waals surface area contributed by atoms with Crippen LogP contribution in [0.4, 0.5) is 17.5 Å². The molecule has 0 aliphatic heterocycles. The molecule has 0 spiro atoms. The van der Waals surface area contributed by atoms with E-state index in [-0.39, 0.29) is 5.91 Å². The zero-order valence-corrected chi connectivity index (χ0v) is 21.0. The highest BCUT2D eigenvalue weighted by Crippen LogP contribution is 2.27. The Labute approximate surface area is 215 Å². The minimum Gasteiger partial charge on any atom is -0.494 e. The van der Waals surface area contributed by atoms with Crippen molar-refractivity contribution < 1.29 is 14.5 Å². The molecule has 1 fully saturated rings. The van der Waals surface area contributed by atoms with Gasteiger partial charge in [0.15, 0.2) is 12.1 Å². The molecule has 1 aliphatic carbocycles. The van der Waals surface area contributed by atoms with Crippen molar-refractivity contribution in [2.75, 3.05) is 23.8 Å². The second-order valence-corrected chi connectivity index (χ2v) is 9.33. The van der Waals surface area contributed by atoms with E-state index >= 15 is 0 Å². The average Bonchev–Trinajstić information content (AvgIpc) is 3.40. The lowest BCUT2D eigenvalue weighted by atomic mass is 9.95. The van der Waals surface area contributed by atoms with Gasteiger partial charge < -0.3 is 20.7 Å². The number of nitrogens with one attached hydrogen (secondary N) is 5. The summed E-state index contributed by atoms with van der Waals surface area (Å²) in [4.78, 5) is 31.8. The fraction of sp³-hybridized carbons (Fsp3) is 0.370. The van der Waals surface area contributed by atoms with Gasteiger partial charge in [-0.25, -0.2) is 4.98 Å². The number of aromatic nitrogens is 5. The van der Waals surface area contributed by atoms with Crippen molar-refractivity contribution >= 4 is 34.5 Å². The number of hydrogen-bond donors (Lipinski definition) is 4. The summed E-state index contributed by atoms with van der Waals surface area (Å²) in [5, 5.41) is 9.87. The molecular formula is C27H33N8O2+. The van der Waals surface area contributed by atoms with Crippen LogP contribution in [-0.4, -0.2) is 45.0 Å². The van der Waals surface area contributed by atoms with E-state index in [1.807, 2.05) is 25.1 Å². The van der Waals surface area contributed by atoms with Crippen molar-refractivity contribution in [3.63, 3.8) is 0 Å². The van der Waals surface area contributed by atoms with E-state index in [0.717, 1.165) is 46.8 Å². The molecule has 0 atom stereocenters. The molecule has 1 amide bonds. The van der Waals surface area contributed by atoms with Crippen LogP contribution in [0.2, 0.25) is 0 Å². The van der Waals surface area contributed by atoms with Crippen LogP contribution in [0.25, 0.3) is 11.2 Å². The fourth-order valence-corrected chi connectivity index (χ4v) is 4.54. The number of rotatable bonds is 10. The third-order valence-corrected chi connectivity index (χ3v) is 6.54. The van der Waals surface area contributed by atoms with Crippen LogP contribution in [0.3, 0.4) is 0 Å². The molecule has 0 radical (unpaired) electrons. The Morgan fingerprint density at radius 1 is 1.14 bits per heavy atom. The first kappa shape index (κ1) is 24.5. The molecule has 37 heavy (non-hydrogen) atoms. The minimum atomic E-state index is -0.108. The molecular weight excluding hydrogens is 468 g/mol. The molecule has 0 saturated heterocycles. The molecule has 0 unspecified atom stereocenters. The summed E-state index contributed by atoms with van der Waals surface area (Å²) >= 11 is 0. The van der Waals surface area contributed by atoms with Crippen molar-refractivity contribution in [3.05, 3.63) is 60.2 Å². The number of pyridine rings is 1. The van der Waals surface area contributed by atoms with Crippen molar-refractivity contribution in [3.8, 4) is 5.75 Å². The molecule has 3 heterocycles. The number of amides is 1. The number of carbonyl (C=O) groups is 1. The Morgan fingerprint density at radius 2 is 1.97 bits per heavy atom. The first-order chi connectivity index (χ1) is 18.2. The van der Waals surface area contributed by atoms with E-state index in [1.54, 1.807) is 30.9 Å². The molecule has 0 bridgehead atoms. The SMILES string of the molecule is Cc1cc(OCCCNC(=O)c2ccncc2)ccc1Nc1nc(NC2CCCCC2)c2[nH]c[nH+]c2n1. The molecule has 4 aromatic rings. The van der Waals surface area contributed by atoms with Gasteiger partial charge in [-0.1, -0.05) is 24.2 Å². The van der Waals surface area contributed by atoms with Gasteiger partial charge in [-0.15, -0.1) is 0 Å². The molecule has 3 aromatic heterocycles. The first-order valence-corrected chi connectivity index (χ1v) is 12.9. The standard InChI is InChI=1S/C27H32N8O2/c1-18-16-21(37-15-5-12-29-26(36)19-10-13-28-14-11-19)8-9-22(18)33-27-34-24-23(30-17-31-24)25(35-27)32-20-6-3-2-4-7-20/h8-11,13-14,16-17,20H,2-7,12,15H2,1H3,(H,29,36)(H3,30,31,32,33,34,35)/p+1. The monoisotopic (exact) mass is 501 g/mol. The zero-order chi connectivity index (χ0) is 25.5. The minimum absolute atomic E-state index is 0.108. The summed E-state index contributed by atoms with van der Waals surface area (Å²) in [7, 11) is 0. The van der Waals surface area contributed by atoms with Gasteiger partial charge in [0.05, 0.1) is 6.61 Å². The number of H-pyrrole nitrogens is 2. The number of ether oxygens (including phenoxy) is 1. The van der Waals surface area contributed by atoms with Crippen LogP contribution in [0.1, 0.15) is 54.4 Å². The Balaban J connectivity index is 1.16. The Bertz CT molecular complexity index is 1340. The maximum atomic E-state index is 12.1. The number of anilines is 3. The summed E-state index contributed by atoms with van der Waals surface area (Å²) in [5.41, 5.74) is 4.17. The van der Waals surface area contributed by atoms with E-state index in [4.69, 9.17) is 9.72 Å². The Kier molecular flexibility index (Phi) is 7.73. The zero-order valence-electron chi connectivity index (χ0n) is 21.0. The molecule has 5 N–H and O–H groups in total. The van der Waals surface area contributed by atoms with Crippen LogP contribution >= 0.6 is 0 Å². The molecule has 10 heteroatoms. The first-order valence-electron chi connectivity index (χ1n) is 12.9. The molecule has 10 nitrogen and oxygen atoms in total. The number of carbonyl (C=O) groups excluding carboxylic acids is 1. The van der Waals surface area contributed by atoms with Crippen LogP contribution in [0.15, 0.2) is 49.1 Å². The highest BCUT2D eigenvalue weighted by molar-refractivity contribution is 5.93. The third-order valence-electron chi connectivity index (χ3n) is 6.54. The smallest absolute Gasteiger partial charge is 0.307 e. The summed E-state index contributed by atoms with van der Waals surface area (Å²) < 4.78 is 5.89. The van der Waals surface area contributed by atoms with Crippen LogP contribution in [-0.2, 0) is 0 Å². The lowest BCUT2D eigenvalue weighted by molar-refractivity contribution is -0.347.